The molecule has 1 aromatic heterocycles. The van der Waals surface area contributed by atoms with Crippen LogP contribution in [0, 0.1) is 0 Å². The summed E-state index contributed by atoms with van der Waals surface area (Å²) >= 11 is 0. The Hall–Kier alpha value is -1.81. The van der Waals surface area contributed by atoms with Crippen molar-refractivity contribution in [1.82, 2.24) is 9.47 Å². The average Bonchev–Trinajstić information content (AvgIpc) is 3.08. The van der Waals surface area contributed by atoms with Crippen LogP contribution in [0.25, 0.3) is 10.9 Å². The Morgan fingerprint density at radius 1 is 1.21 bits per heavy atom. The minimum Gasteiger partial charge on any atom is -0.341 e. The van der Waals surface area contributed by atoms with E-state index in [0.29, 0.717) is 13.1 Å². The van der Waals surface area contributed by atoms with Crippen LogP contribution in [0.15, 0.2) is 30.5 Å². The smallest absolute Gasteiger partial charge is 0.242 e. The van der Waals surface area contributed by atoms with Gasteiger partial charge in [-0.25, -0.2) is 0 Å². The molecule has 4 nitrogen and oxygen atoms in total. The van der Waals surface area contributed by atoms with Crippen LogP contribution in [-0.4, -0.2) is 28.5 Å². The van der Waals surface area contributed by atoms with Gasteiger partial charge in [0, 0.05) is 25.8 Å². The van der Waals surface area contributed by atoms with Crippen LogP contribution in [0.3, 0.4) is 0 Å². The van der Waals surface area contributed by atoms with Gasteiger partial charge in [-0.05, 0) is 29.9 Å². The number of fused-ring (bicyclic) bond motifs is 1. The number of rotatable bonds is 3. The lowest BCUT2D eigenvalue weighted by Gasteiger charge is -2.16. The summed E-state index contributed by atoms with van der Waals surface area (Å²) < 4.78 is 2.03. The highest BCUT2D eigenvalue weighted by molar-refractivity contribution is 5.85. The zero-order chi connectivity index (χ0) is 13.2. The molecule has 0 radical (unpaired) electrons. The average molecular weight is 257 g/mol. The maximum absolute atomic E-state index is 12.2. The van der Waals surface area contributed by atoms with Crippen LogP contribution in [0.1, 0.15) is 18.4 Å². The molecule has 0 bridgehead atoms. The van der Waals surface area contributed by atoms with E-state index in [4.69, 9.17) is 5.73 Å². The number of carbonyl (C=O) groups excluding carboxylic acids is 1. The molecule has 19 heavy (non-hydrogen) atoms. The van der Waals surface area contributed by atoms with Crippen molar-refractivity contribution >= 4 is 16.8 Å². The summed E-state index contributed by atoms with van der Waals surface area (Å²) in [6.45, 7) is 2.73. The topological polar surface area (TPSA) is 51.3 Å². The number of hydrogen-bond donors (Lipinski definition) is 1. The second kappa shape index (κ2) is 5.05. The standard InChI is InChI=1S/C15H19N3O/c16-10-13-5-3-4-12-6-9-18(15(12)13)11-14(19)17-7-1-2-8-17/h3-6,9H,1-2,7-8,10-11,16H2. The molecule has 1 aliphatic rings. The summed E-state index contributed by atoms with van der Waals surface area (Å²) in [5, 5.41) is 1.15. The number of likely N-dealkylation sites (tertiary alicyclic amines) is 1. The van der Waals surface area contributed by atoms with Gasteiger partial charge in [0.15, 0.2) is 0 Å². The molecular weight excluding hydrogens is 238 g/mol. The molecule has 0 atom stereocenters. The maximum Gasteiger partial charge on any atom is 0.242 e. The van der Waals surface area contributed by atoms with E-state index in [1.165, 1.54) is 0 Å². The molecule has 2 N–H and O–H groups in total. The van der Waals surface area contributed by atoms with Gasteiger partial charge >= 0.3 is 0 Å². The number of para-hydroxylation sites is 1. The van der Waals surface area contributed by atoms with Gasteiger partial charge in [-0.2, -0.15) is 0 Å². The molecule has 0 unspecified atom stereocenters. The molecule has 1 amide bonds. The summed E-state index contributed by atoms with van der Waals surface area (Å²) in [5.41, 5.74) is 7.98. The van der Waals surface area contributed by atoms with Crippen molar-refractivity contribution in [3.05, 3.63) is 36.0 Å². The van der Waals surface area contributed by atoms with Crippen molar-refractivity contribution in [2.75, 3.05) is 13.1 Å². The third kappa shape index (κ3) is 2.24. The van der Waals surface area contributed by atoms with E-state index in [-0.39, 0.29) is 5.91 Å². The van der Waals surface area contributed by atoms with Crippen molar-refractivity contribution in [3.63, 3.8) is 0 Å². The molecular formula is C15H19N3O. The Bertz CT molecular complexity index is 596. The fourth-order valence-electron chi connectivity index (χ4n) is 2.85. The SMILES string of the molecule is NCc1cccc2ccn(CC(=O)N3CCCC3)c12. The molecule has 1 fully saturated rings. The molecule has 1 aliphatic heterocycles. The number of nitrogens with zero attached hydrogens (tertiary/aromatic N) is 2. The molecule has 3 rings (SSSR count). The highest BCUT2D eigenvalue weighted by Crippen LogP contribution is 2.20. The number of amides is 1. The van der Waals surface area contributed by atoms with E-state index < -0.39 is 0 Å². The normalized spacial score (nSPS) is 15.3. The lowest BCUT2D eigenvalue weighted by molar-refractivity contribution is -0.130. The fraction of sp³-hybridized carbons (Fsp3) is 0.400. The van der Waals surface area contributed by atoms with Gasteiger partial charge in [0.25, 0.3) is 0 Å². The molecule has 1 aromatic carbocycles. The third-order valence-electron chi connectivity index (χ3n) is 3.86. The van der Waals surface area contributed by atoms with E-state index in [1.807, 2.05) is 33.9 Å². The second-order valence-corrected chi connectivity index (χ2v) is 5.09. The number of hydrogen-bond acceptors (Lipinski definition) is 2. The molecule has 2 heterocycles. The Morgan fingerprint density at radius 3 is 2.74 bits per heavy atom. The molecule has 4 heteroatoms. The predicted octanol–water partition coefficient (Wildman–Crippen LogP) is 1.72. The Kier molecular flexibility index (Phi) is 3.25. The zero-order valence-electron chi connectivity index (χ0n) is 11.0. The van der Waals surface area contributed by atoms with E-state index in [9.17, 15) is 4.79 Å². The van der Waals surface area contributed by atoms with Crippen molar-refractivity contribution in [2.45, 2.75) is 25.9 Å². The van der Waals surface area contributed by atoms with Crippen LogP contribution in [-0.2, 0) is 17.9 Å². The highest BCUT2D eigenvalue weighted by atomic mass is 16.2. The van der Waals surface area contributed by atoms with Gasteiger partial charge < -0.3 is 15.2 Å². The van der Waals surface area contributed by atoms with E-state index in [1.54, 1.807) is 0 Å². The monoisotopic (exact) mass is 257 g/mol. The number of aromatic nitrogens is 1. The zero-order valence-corrected chi connectivity index (χ0v) is 11.0. The van der Waals surface area contributed by atoms with Gasteiger partial charge in [-0.1, -0.05) is 18.2 Å². The van der Waals surface area contributed by atoms with Crippen LogP contribution in [0.4, 0.5) is 0 Å². The van der Waals surface area contributed by atoms with Crippen LogP contribution >= 0.6 is 0 Å². The molecule has 1 saturated heterocycles. The Labute approximate surface area is 112 Å². The van der Waals surface area contributed by atoms with Crippen LogP contribution in [0.5, 0.6) is 0 Å². The number of benzene rings is 1. The number of nitrogens with two attached hydrogens (primary N) is 1. The molecule has 0 saturated carbocycles. The van der Waals surface area contributed by atoms with Crippen molar-refractivity contribution in [2.24, 2.45) is 5.73 Å². The lowest BCUT2D eigenvalue weighted by Crippen LogP contribution is -2.30. The Morgan fingerprint density at radius 2 is 2.00 bits per heavy atom. The summed E-state index contributed by atoms with van der Waals surface area (Å²) in [6.07, 6.45) is 4.25. The van der Waals surface area contributed by atoms with Crippen molar-refractivity contribution < 1.29 is 4.79 Å². The Balaban J connectivity index is 1.90. The molecule has 2 aromatic rings. The van der Waals surface area contributed by atoms with Crippen molar-refractivity contribution in [3.8, 4) is 0 Å². The van der Waals surface area contributed by atoms with Gasteiger partial charge in [-0.15, -0.1) is 0 Å². The first-order valence-electron chi connectivity index (χ1n) is 6.84. The highest BCUT2D eigenvalue weighted by Gasteiger charge is 2.18. The van der Waals surface area contributed by atoms with Crippen LogP contribution in [0.2, 0.25) is 0 Å². The first kappa shape index (κ1) is 12.2. The fourth-order valence-corrected chi connectivity index (χ4v) is 2.85. The minimum absolute atomic E-state index is 0.210. The number of carbonyl (C=O) groups is 1. The molecule has 0 aliphatic carbocycles. The first-order valence-corrected chi connectivity index (χ1v) is 6.84. The first-order chi connectivity index (χ1) is 9.29. The van der Waals surface area contributed by atoms with E-state index in [2.05, 4.69) is 6.07 Å². The quantitative estimate of drug-likeness (QED) is 0.910. The van der Waals surface area contributed by atoms with E-state index in [0.717, 1.165) is 42.4 Å². The summed E-state index contributed by atoms with van der Waals surface area (Å²) in [7, 11) is 0. The predicted molar refractivity (Wildman–Crippen MR) is 75.6 cm³/mol. The second-order valence-electron chi connectivity index (χ2n) is 5.09. The third-order valence-corrected chi connectivity index (χ3v) is 3.86. The minimum atomic E-state index is 0.210. The van der Waals surface area contributed by atoms with Gasteiger partial charge in [0.1, 0.15) is 6.54 Å². The molecule has 0 spiro atoms. The molecule has 100 valence electrons. The summed E-state index contributed by atoms with van der Waals surface area (Å²) in [5.74, 6) is 0.210. The van der Waals surface area contributed by atoms with E-state index >= 15 is 0 Å². The van der Waals surface area contributed by atoms with Crippen molar-refractivity contribution in [1.29, 1.82) is 0 Å². The van der Waals surface area contributed by atoms with Crippen LogP contribution < -0.4 is 5.73 Å². The maximum atomic E-state index is 12.2. The van der Waals surface area contributed by atoms with Gasteiger partial charge in [0.05, 0.1) is 5.52 Å². The summed E-state index contributed by atoms with van der Waals surface area (Å²) in [4.78, 5) is 14.2. The largest absolute Gasteiger partial charge is 0.341 e. The lowest BCUT2D eigenvalue weighted by atomic mass is 10.1. The van der Waals surface area contributed by atoms with Gasteiger partial charge in [0.2, 0.25) is 5.91 Å². The van der Waals surface area contributed by atoms with Gasteiger partial charge in [-0.3, -0.25) is 4.79 Å². The summed E-state index contributed by atoms with van der Waals surface area (Å²) in [6, 6.07) is 8.15.